The average molecular weight is 419 g/mol. The van der Waals surface area contributed by atoms with Crippen LogP contribution in [0, 0.1) is 17.8 Å². The van der Waals surface area contributed by atoms with Gasteiger partial charge in [-0.1, -0.05) is 30.3 Å². The maximum atomic E-state index is 13.2. The third-order valence-corrected chi connectivity index (χ3v) is 8.03. The highest BCUT2D eigenvalue weighted by atomic mass is 16.5. The van der Waals surface area contributed by atoms with E-state index in [0.29, 0.717) is 18.4 Å². The van der Waals surface area contributed by atoms with Crippen molar-refractivity contribution in [3.05, 3.63) is 47.8 Å². The molecule has 162 valence electrons. The zero-order chi connectivity index (χ0) is 20.8. The summed E-state index contributed by atoms with van der Waals surface area (Å²) < 4.78 is 6.40. The first-order chi connectivity index (χ1) is 15.2. The molecule has 2 aromatic rings. The first-order valence-corrected chi connectivity index (χ1v) is 11.8. The van der Waals surface area contributed by atoms with E-state index in [0.717, 1.165) is 74.9 Å². The summed E-state index contributed by atoms with van der Waals surface area (Å²) in [5, 5.41) is 3.48. The molecule has 0 bridgehead atoms. The molecule has 1 aromatic heterocycles. The number of aromatic nitrogens is 2. The van der Waals surface area contributed by atoms with E-state index in [2.05, 4.69) is 15.2 Å². The molecule has 2 saturated heterocycles. The Labute approximate surface area is 183 Å². The number of nitrogens with one attached hydrogen (secondary N) is 1. The number of nitrogens with zero attached hydrogens (tertiary/aromatic N) is 3. The van der Waals surface area contributed by atoms with Gasteiger partial charge in [0, 0.05) is 30.8 Å². The van der Waals surface area contributed by atoms with Crippen molar-refractivity contribution in [1.29, 1.82) is 0 Å². The molecule has 1 aliphatic carbocycles. The standard InChI is InChI=1S/C25H30N4O2/c30-24(20-14-18-6-10-26-16-21(18)20)29-11-8-25(9-12-29)22-19(7-13-31-25)15-27-23(28-22)17-4-2-1-3-5-17/h1-5,15,18,20-21,26H,6-14,16H2/t18-,20-,21-/m1/s1. The van der Waals surface area contributed by atoms with Gasteiger partial charge in [0.15, 0.2) is 5.82 Å². The number of benzene rings is 1. The van der Waals surface area contributed by atoms with Gasteiger partial charge >= 0.3 is 0 Å². The summed E-state index contributed by atoms with van der Waals surface area (Å²) in [5.41, 5.74) is 2.88. The van der Waals surface area contributed by atoms with Crippen LogP contribution in [0.2, 0.25) is 0 Å². The van der Waals surface area contributed by atoms with Gasteiger partial charge in [-0.25, -0.2) is 9.97 Å². The predicted octanol–water partition coefficient (Wildman–Crippen LogP) is 2.78. The lowest BCUT2D eigenvalue weighted by molar-refractivity contribution is -0.154. The van der Waals surface area contributed by atoms with Crippen molar-refractivity contribution in [2.24, 2.45) is 17.8 Å². The highest BCUT2D eigenvalue weighted by Crippen LogP contribution is 2.46. The maximum absolute atomic E-state index is 13.2. The van der Waals surface area contributed by atoms with Gasteiger partial charge in [-0.05, 0) is 62.6 Å². The van der Waals surface area contributed by atoms with Crippen LogP contribution in [0.25, 0.3) is 11.4 Å². The number of carbonyl (C=O) groups excluding carboxylic acids is 1. The van der Waals surface area contributed by atoms with E-state index in [-0.39, 0.29) is 11.5 Å². The average Bonchev–Trinajstić information content (AvgIpc) is 2.81. The van der Waals surface area contributed by atoms with Gasteiger partial charge in [0.25, 0.3) is 0 Å². The van der Waals surface area contributed by atoms with Crippen LogP contribution in [0.3, 0.4) is 0 Å². The lowest BCUT2D eigenvalue weighted by Crippen LogP contribution is -2.57. The number of piperidine rings is 2. The lowest BCUT2D eigenvalue weighted by Gasteiger charge is -2.50. The van der Waals surface area contributed by atoms with E-state index < -0.39 is 0 Å². The largest absolute Gasteiger partial charge is 0.368 e. The fourth-order valence-electron chi connectivity index (χ4n) is 6.13. The summed E-state index contributed by atoms with van der Waals surface area (Å²) in [7, 11) is 0. The minimum absolute atomic E-state index is 0.221. The van der Waals surface area contributed by atoms with Crippen molar-refractivity contribution in [1.82, 2.24) is 20.2 Å². The van der Waals surface area contributed by atoms with Crippen LogP contribution in [0.4, 0.5) is 0 Å². The number of hydrogen-bond donors (Lipinski definition) is 1. The van der Waals surface area contributed by atoms with Crippen LogP contribution in [-0.4, -0.2) is 53.6 Å². The molecule has 3 atom stereocenters. The molecule has 1 aromatic carbocycles. The third kappa shape index (κ3) is 3.28. The Hall–Kier alpha value is -2.31. The molecule has 3 aliphatic heterocycles. The van der Waals surface area contributed by atoms with Crippen molar-refractivity contribution in [2.45, 2.75) is 37.7 Å². The first-order valence-electron chi connectivity index (χ1n) is 11.8. The van der Waals surface area contributed by atoms with Gasteiger partial charge in [-0.3, -0.25) is 4.79 Å². The molecule has 0 radical (unpaired) electrons. The molecule has 31 heavy (non-hydrogen) atoms. The Morgan fingerprint density at radius 3 is 2.84 bits per heavy atom. The van der Waals surface area contributed by atoms with Crippen molar-refractivity contribution < 1.29 is 9.53 Å². The Balaban J connectivity index is 1.20. The molecule has 4 aliphatic rings. The molecule has 6 nitrogen and oxygen atoms in total. The molecule has 4 heterocycles. The van der Waals surface area contributed by atoms with Crippen LogP contribution in [-0.2, 0) is 21.6 Å². The topological polar surface area (TPSA) is 67.4 Å². The summed E-state index contributed by atoms with van der Waals surface area (Å²) >= 11 is 0. The summed E-state index contributed by atoms with van der Waals surface area (Å²) in [6.07, 6.45) is 6.78. The minimum atomic E-state index is -0.384. The second-order valence-corrected chi connectivity index (χ2v) is 9.61. The molecule has 6 heteroatoms. The number of fused-ring (bicyclic) bond motifs is 3. The lowest BCUT2D eigenvalue weighted by atomic mass is 9.61. The van der Waals surface area contributed by atoms with Crippen LogP contribution < -0.4 is 5.32 Å². The molecule has 3 fully saturated rings. The van der Waals surface area contributed by atoms with Gasteiger partial charge in [-0.2, -0.15) is 0 Å². The number of hydrogen-bond acceptors (Lipinski definition) is 5. The van der Waals surface area contributed by atoms with Crippen molar-refractivity contribution in [3.63, 3.8) is 0 Å². The van der Waals surface area contributed by atoms with Crippen LogP contribution in [0.5, 0.6) is 0 Å². The smallest absolute Gasteiger partial charge is 0.226 e. The number of rotatable bonds is 2. The van der Waals surface area contributed by atoms with Gasteiger partial charge in [0.2, 0.25) is 5.91 Å². The molecule has 1 N–H and O–H groups in total. The van der Waals surface area contributed by atoms with E-state index in [9.17, 15) is 4.79 Å². The highest BCUT2D eigenvalue weighted by Gasteiger charge is 2.49. The summed E-state index contributed by atoms with van der Waals surface area (Å²) in [4.78, 5) is 24.9. The summed E-state index contributed by atoms with van der Waals surface area (Å²) in [5.74, 6) is 2.65. The third-order valence-electron chi connectivity index (χ3n) is 8.03. The van der Waals surface area contributed by atoms with E-state index >= 15 is 0 Å². The molecule has 0 unspecified atom stereocenters. The molecular weight excluding hydrogens is 388 g/mol. The predicted molar refractivity (Wildman–Crippen MR) is 117 cm³/mol. The molecule has 6 rings (SSSR count). The van der Waals surface area contributed by atoms with E-state index in [1.54, 1.807) is 0 Å². The minimum Gasteiger partial charge on any atom is -0.368 e. The van der Waals surface area contributed by atoms with E-state index in [1.807, 2.05) is 36.5 Å². The van der Waals surface area contributed by atoms with Crippen molar-refractivity contribution in [2.75, 3.05) is 32.8 Å². The zero-order valence-corrected chi connectivity index (χ0v) is 17.9. The Morgan fingerprint density at radius 2 is 2.03 bits per heavy atom. The van der Waals surface area contributed by atoms with Crippen LogP contribution in [0.15, 0.2) is 36.5 Å². The van der Waals surface area contributed by atoms with Crippen molar-refractivity contribution in [3.8, 4) is 11.4 Å². The fraction of sp³-hybridized carbons (Fsp3) is 0.560. The maximum Gasteiger partial charge on any atom is 0.226 e. The van der Waals surface area contributed by atoms with E-state index in [1.165, 1.54) is 12.0 Å². The highest BCUT2D eigenvalue weighted by molar-refractivity contribution is 5.80. The number of likely N-dealkylation sites (tertiary alicyclic amines) is 1. The quantitative estimate of drug-likeness (QED) is 0.812. The number of ether oxygens (including phenoxy) is 1. The molecular formula is C25H30N4O2. The Morgan fingerprint density at radius 1 is 1.19 bits per heavy atom. The van der Waals surface area contributed by atoms with E-state index in [4.69, 9.17) is 9.72 Å². The Bertz CT molecular complexity index is 971. The molecule has 1 amide bonds. The summed E-state index contributed by atoms with van der Waals surface area (Å²) in [6, 6.07) is 10.1. The number of amides is 1. The SMILES string of the molecule is O=C([C@@H]1C[C@H]2CCNC[C@H]21)N1CCC2(CC1)OCCc1cnc(-c3ccccc3)nc12. The normalized spacial score (nSPS) is 29.0. The monoisotopic (exact) mass is 418 g/mol. The zero-order valence-electron chi connectivity index (χ0n) is 17.9. The summed E-state index contributed by atoms with van der Waals surface area (Å²) in [6.45, 7) is 4.33. The van der Waals surface area contributed by atoms with Crippen LogP contribution in [0.1, 0.15) is 36.9 Å². The second-order valence-electron chi connectivity index (χ2n) is 9.61. The number of carbonyl (C=O) groups is 1. The van der Waals surface area contributed by atoms with Gasteiger partial charge in [0.05, 0.1) is 12.3 Å². The Kier molecular flexibility index (Phi) is 4.80. The van der Waals surface area contributed by atoms with Gasteiger partial charge in [0.1, 0.15) is 5.60 Å². The molecule has 1 saturated carbocycles. The van der Waals surface area contributed by atoms with Gasteiger partial charge < -0.3 is 15.0 Å². The second kappa shape index (κ2) is 7.68. The van der Waals surface area contributed by atoms with Gasteiger partial charge in [-0.15, -0.1) is 0 Å². The molecule has 1 spiro atoms. The fourth-order valence-corrected chi connectivity index (χ4v) is 6.13. The van der Waals surface area contributed by atoms with Crippen molar-refractivity contribution >= 4 is 5.91 Å². The van der Waals surface area contributed by atoms with Crippen LogP contribution >= 0.6 is 0 Å². The first kappa shape index (κ1) is 19.4.